The van der Waals surface area contributed by atoms with Crippen LogP contribution in [0.3, 0.4) is 0 Å². The van der Waals surface area contributed by atoms with Crippen LogP contribution in [-0.4, -0.2) is 36.0 Å². The average molecular weight is 250 g/mol. The number of likely N-dealkylation sites (tertiary alicyclic amines) is 1. The number of amides is 1. The first-order valence-electron chi connectivity index (χ1n) is 7.87. The van der Waals surface area contributed by atoms with E-state index in [2.05, 4.69) is 10.2 Å². The molecular weight excluding hydrogens is 224 g/mol. The van der Waals surface area contributed by atoms with Gasteiger partial charge in [-0.2, -0.15) is 0 Å². The fourth-order valence-corrected chi connectivity index (χ4v) is 4.14. The zero-order valence-electron chi connectivity index (χ0n) is 11.4. The molecule has 3 heteroatoms. The maximum atomic E-state index is 12.5. The molecule has 2 unspecified atom stereocenters. The molecule has 0 bridgehead atoms. The Kier molecular flexibility index (Phi) is 3.88. The molecule has 0 spiro atoms. The van der Waals surface area contributed by atoms with Crippen molar-refractivity contribution in [3.63, 3.8) is 0 Å². The molecule has 3 fully saturated rings. The maximum Gasteiger partial charge on any atom is 0.223 e. The minimum absolute atomic E-state index is 0.443. The van der Waals surface area contributed by atoms with Crippen LogP contribution in [-0.2, 0) is 4.79 Å². The first kappa shape index (κ1) is 12.5. The number of carbonyl (C=O) groups is 1. The lowest BCUT2D eigenvalue weighted by Gasteiger charge is -2.30. The van der Waals surface area contributed by atoms with E-state index in [0.717, 1.165) is 19.5 Å². The number of hydrogen-bond acceptors (Lipinski definition) is 2. The summed E-state index contributed by atoms with van der Waals surface area (Å²) in [5.41, 5.74) is 0. The summed E-state index contributed by atoms with van der Waals surface area (Å²) in [5.74, 6) is 1.13. The SMILES string of the molecule is O=C(CC1CCCC1)N1CCCC1C1CCCN1. The Morgan fingerprint density at radius 3 is 2.61 bits per heavy atom. The van der Waals surface area contributed by atoms with Gasteiger partial charge in [-0.3, -0.25) is 4.79 Å². The zero-order chi connectivity index (χ0) is 12.4. The average Bonchev–Trinajstić information content (AvgIpc) is 3.11. The van der Waals surface area contributed by atoms with E-state index in [4.69, 9.17) is 0 Å². The standard InChI is InChI=1S/C15H26N2O/c18-15(11-12-5-1-2-6-12)17-10-4-8-14(17)13-7-3-9-16-13/h12-14,16H,1-11H2. The molecule has 2 saturated heterocycles. The number of nitrogens with zero attached hydrogens (tertiary/aromatic N) is 1. The Hall–Kier alpha value is -0.570. The number of carbonyl (C=O) groups excluding carboxylic acids is 1. The van der Waals surface area contributed by atoms with Crippen LogP contribution in [0, 0.1) is 5.92 Å². The van der Waals surface area contributed by atoms with E-state index < -0.39 is 0 Å². The van der Waals surface area contributed by atoms with Gasteiger partial charge in [0.1, 0.15) is 0 Å². The largest absolute Gasteiger partial charge is 0.338 e. The smallest absolute Gasteiger partial charge is 0.223 e. The van der Waals surface area contributed by atoms with E-state index in [-0.39, 0.29) is 0 Å². The Labute approximate surface area is 110 Å². The molecule has 0 aromatic carbocycles. The van der Waals surface area contributed by atoms with Gasteiger partial charge in [-0.05, 0) is 51.0 Å². The number of rotatable bonds is 3. The van der Waals surface area contributed by atoms with Gasteiger partial charge in [0.05, 0.1) is 0 Å². The maximum absolute atomic E-state index is 12.5. The Bertz CT molecular complexity index is 293. The molecule has 2 aliphatic heterocycles. The van der Waals surface area contributed by atoms with Gasteiger partial charge in [0.15, 0.2) is 0 Å². The number of nitrogens with one attached hydrogen (secondary N) is 1. The highest BCUT2D eigenvalue weighted by molar-refractivity contribution is 5.77. The monoisotopic (exact) mass is 250 g/mol. The topological polar surface area (TPSA) is 32.3 Å². The van der Waals surface area contributed by atoms with Gasteiger partial charge < -0.3 is 10.2 Å². The van der Waals surface area contributed by atoms with Crippen molar-refractivity contribution in [1.29, 1.82) is 0 Å². The highest BCUT2D eigenvalue weighted by Gasteiger charge is 2.36. The van der Waals surface area contributed by atoms with Gasteiger partial charge in [-0.25, -0.2) is 0 Å². The van der Waals surface area contributed by atoms with Crippen molar-refractivity contribution in [2.45, 2.75) is 69.9 Å². The lowest BCUT2D eigenvalue weighted by atomic mass is 10.0. The quantitative estimate of drug-likeness (QED) is 0.833. The normalized spacial score (nSPS) is 33.4. The van der Waals surface area contributed by atoms with Crippen LogP contribution in [0.4, 0.5) is 0 Å². The molecule has 18 heavy (non-hydrogen) atoms. The molecule has 0 aromatic heterocycles. The van der Waals surface area contributed by atoms with Crippen molar-refractivity contribution in [3.05, 3.63) is 0 Å². The van der Waals surface area contributed by atoms with Gasteiger partial charge in [-0.15, -0.1) is 0 Å². The van der Waals surface area contributed by atoms with Crippen molar-refractivity contribution in [2.24, 2.45) is 5.92 Å². The van der Waals surface area contributed by atoms with E-state index >= 15 is 0 Å². The third-order valence-corrected chi connectivity index (χ3v) is 5.12. The Morgan fingerprint density at radius 2 is 1.89 bits per heavy atom. The van der Waals surface area contributed by atoms with Crippen molar-refractivity contribution >= 4 is 5.91 Å². The predicted octanol–water partition coefficient (Wildman–Crippen LogP) is 2.31. The predicted molar refractivity (Wildman–Crippen MR) is 72.3 cm³/mol. The highest BCUT2D eigenvalue weighted by atomic mass is 16.2. The molecule has 3 aliphatic rings. The van der Waals surface area contributed by atoms with E-state index in [1.54, 1.807) is 0 Å². The van der Waals surface area contributed by atoms with Crippen LogP contribution in [0.25, 0.3) is 0 Å². The summed E-state index contributed by atoms with van der Waals surface area (Å²) in [7, 11) is 0. The van der Waals surface area contributed by atoms with Gasteiger partial charge in [0, 0.05) is 25.0 Å². The summed E-state index contributed by atoms with van der Waals surface area (Å²) >= 11 is 0. The van der Waals surface area contributed by atoms with E-state index in [0.29, 0.717) is 23.9 Å². The molecular formula is C15H26N2O. The van der Waals surface area contributed by atoms with Crippen LogP contribution >= 0.6 is 0 Å². The second kappa shape index (κ2) is 5.60. The van der Waals surface area contributed by atoms with Gasteiger partial charge >= 0.3 is 0 Å². The van der Waals surface area contributed by atoms with Gasteiger partial charge in [0.25, 0.3) is 0 Å². The molecule has 102 valence electrons. The van der Waals surface area contributed by atoms with Crippen LogP contribution in [0.15, 0.2) is 0 Å². The highest BCUT2D eigenvalue weighted by Crippen LogP contribution is 2.31. The summed E-state index contributed by atoms with van der Waals surface area (Å²) in [4.78, 5) is 14.7. The van der Waals surface area contributed by atoms with Crippen molar-refractivity contribution in [3.8, 4) is 0 Å². The molecule has 1 saturated carbocycles. The molecule has 1 aliphatic carbocycles. The second-order valence-corrected chi connectivity index (χ2v) is 6.35. The fraction of sp³-hybridized carbons (Fsp3) is 0.933. The van der Waals surface area contributed by atoms with Crippen molar-refractivity contribution in [2.75, 3.05) is 13.1 Å². The van der Waals surface area contributed by atoms with Crippen LogP contribution in [0.2, 0.25) is 0 Å². The van der Waals surface area contributed by atoms with Crippen molar-refractivity contribution < 1.29 is 4.79 Å². The first-order chi connectivity index (χ1) is 8.84. The second-order valence-electron chi connectivity index (χ2n) is 6.35. The molecule has 1 amide bonds. The minimum Gasteiger partial charge on any atom is -0.338 e. The molecule has 3 rings (SSSR count). The van der Waals surface area contributed by atoms with Gasteiger partial charge in [0.2, 0.25) is 5.91 Å². The summed E-state index contributed by atoms with van der Waals surface area (Å²) in [6.07, 6.45) is 11.0. The van der Waals surface area contributed by atoms with E-state index in [9.17, 15) is 4.79 Å². The third kappa shape index (κ3) is 2.56. The Morgan fingerprint density at radius 1 is 1.06 bits per heavy atom. The van der Waals surface area contributed by atoms with E-state index in [1.807, 2.05) is 0 Å². The molecule has 2 atom stereocenters. The van der Waals surface area contributed by atoms with Crippen LogP contribution in [0.5, 0.6) is 0 Å². The zero-order valence-corrected chi connectivity index (χ0v) is 11.4. The third-order valence-electron chi connectivity index (χ3n) is 5.12. The lowest BCUT2D eigenvalue weighted by molar-refractivity contribution is -0.133. The summed E-state index contributed by atoms with van der Waals surface area (Å²) < 4.78 is 0. The summed E-state index contributed by atoms with van der Waals surface area (Å²) in [6, 6.07) is 1.08. The minimum atomic E-state index is 0.443. The Balaban J connectivity index is 1.57. The molecule has 3 nitrogen and oxygen atoms in total. The fourth-order valence-electron chi connectivity index (χ4n) is 4.14. The molecule has 0 radical (unpaired) electrons. The molecule has 2 heterocycles. The van der Waals surface area contributed by atoms with Crippen molar-refractivity contribution in [1.82, 2.24) is 10.2 Å². The van der Waals surface area contributed by atoms with E-state index in [1.165, 1.54) is 51.4 Å². The molecule has 1 N–H and O–H groups in total. The van der Waals surface area contributed by atoms with Gasteiger partial charge in [-0.1, -0.05) is 12.8 Å². The first-order valence-corrected chi connectivity index (χ1v) is 7.87. The summed E-state index contributed by atoms with van der Waals surface area (Å²) in [5, 5.41) is 3.58. The number of hydrogen-bond donors (Lipinski definition) is 1. The summed E-state index contributed by atoms with van der Waals surface area (Å²) in [6.45, 7) is 2.15. The molecule has 0 aromatic rings. The lowest BCUT2D eigenvalue weighted by Crippen LogP contribution is -2.46. The van der Waals surface area contributed by atoms with Crippen LogP contribution < -0.4 is 5.32 Å². The van der Waals surface area contributed by atoms with Crippen LogP contribution in [0.1, 0.15) is 57.8 Å².